The molecule has 2 saturated carbocycles. The minimum Gasteiger partial charge on any atom is -0.482 e. The fourth-order valence-electron chi connectivity index (χ4n) is 6.98. The number of ether oxygens (including phenoxy) is 2. The number of alkyl halides is 3. The van der Waals surface area contributed by atoms with Crippen molar-refractivity contribution in [1.82, 2.24) is 4.90 Å². The van der Waals surface area contributed by atoms with Crippen LogP contribution in [0.1, 0.15) is 50.2 Å². The zero-order chi connectivity index (χ0) is 25.0. The first-order valence-electron chi connectivity index (χ1n) is 11.8. The van der Waals surface area contributed by atoms with Crippen LogP contribution in [-0.4, -0.2) is 66.8 Å². The number of carbonyl (C=O) groups excluding carboxylic acids is 1. The first-order chi connectivity index (χ1) is 16.4. The number of esters is 1. The quantitative estimate of drug-likeness (QED) is 0.275. The van der Waals surface area contributed by atoms with Crippen molar-refractivity contribution in [3.05, 3.63) is 23.3 Å². The van der Waals surface area contributed by atoms with Gasteiger partial charge in [0.1, 0.15) is 12.2 Å². The molecule has 0 radical (unpaired) electrons. The van der Waals surface area contributed by atoms with Gasteiger partial charge in [0, 0.05) is 25.1 Å². The summed E-state index contributed by atoms with van der Waals surface area (Å²) in [6.45, 7) is 2.64. The van der Waals surface area contributed by atoms with E-state index in [1.165, 1.54) is 6.92 Å². The van der Waals surface area contributed by atoms with E-state index in [9.17, 15) is 31.5 Å². The molecule has 2 bridgehead atoms. The highest BCUT2D eigenvalue weighted by molar-refractivity contribution is 7.87. The summed E-state index contributed by atoms with van der Waals surface area (Å²) >= 11 is 0. The second kappa shape index (κ2) is 7.33. The second-order valence-corrected chi connectivity index (χ2v) is 12.0. The van der Waals surface area contributed by atoms with Crippen molar-refractivity contribution in [2.45, 2.75) is 80.2 Å². The maximum atomic E-state index is 13.2. The Bertz CT molecular complexity index is 1200. The monoisotopic (exact) mass is 517 g/mol. The van der Waals surface area contributed by atoms with Crippen molar-refractivity contribution in [1.29, 1.82) is 0 Å². The van der Waals surface area contributed by atoms with E-state index in [0.29, 0.717) is 30.9 Å². The molecule has 8 nitrogen and oxygen atoms in total. The van der Waals surface area contributed by atoms with Crippen LogP contribution in [0.3, 0.4) is 0 Å². The number of nitrogens with zero attached hydrogens (tertiary/aromatic N) is 1. The number of halogens is 3. The molecule has 6 rings (SSSR count). The Morgan fingerprint density at radius 2 is 2.00 bits per heavy atom. The Morgan fingerprint density at radius 1 is 1.26 bits per heavy atom. The molecule has 3 unspecified atom stereocenters. The third-order valence-corrected chi connectivity index (χ3v) is 9.55. The number of likely N-dealkylation sites (tertiary alicyclic amines) is 1. The predicted octanol–water partition coefficient (Wildman–Crippen LogP) is 2.41. The predicted molar refractivity (Wildman–Crippen MR) is 114 cm³/mol. The van der Waals surface area contributed by atoms with Gasteiger partial charge in [-0.25, -0.2) is 0 Å². The molecule has 192 valence electrons. The Balaban J connectivity index is 1.48. The van der Waals surface area contributed by atoms with Crippen molar-refractivity contribution in [3.63, 3.8) is 0 Å². The molecule has 1 N–H and O–H groups in total. The largest absolute Gasteiger partial charge is 0.523 e. The minimum absolute atomic E-state index is 0.0629. The van der Waals surface area contributed by atoms with Crippen LogP contribution in [0.2, 0.25) is 0 Å². The number of aliphatic hydroxyl groups is 1. The molecule has 5 aliphatic rings. The van der Waals surface area contributed by atoms with Crippen molar-refractivity contribution < 1.29 is 45.1 Å². The van der Waals surface area contributed by atoms with Gasteiger partial charge in [-0.3, -0.25) is 13.9 Å². The molecule has 0 amide bonds. The molecule has 3 aliphatic carbocycles. The lowest BCUT2D eigenvalue weighted by Gasteiger charge is -2.64. The lowest BCUT2D eigenvalue weighted by Crippen LogP contribution is -2.77. The number of benzene rings is 1. The van der Waals surface area contributed by atoms with E-state index in [0.717, 1.165) is 24.9 Å². The first kappa shape index (κ1) is 23.5. The molecule has 12 heteroatoms. The molecule has 1 saturated heterocycles. The molecular formula is C23H26F3NO7S. The van der Waals surface area contributed by atoms with Crippen molar-refractivity contribution in [2.24, 2.45) is 5.92 Å². The van der Waals surface area contributed by atoms with Crippen molar-refractivity contribution >= 4 is 16.1 Å². The first-order valence-corrected chi connectivity index (χ1v) is 13.3. The van der Waals surface area contributed by atoms with E-state index < -0.39 is 44.8 Å². The minimum atomic E-state index is -5.89. The summed E-state index contributed by atoms with van der Waals surface area (Å²) in [6, 6.07) is 3.09. The van der Waals surface area contributed by atoms with E-state index in [1.807, 2.05) is 0 Å². The van der Waals surface area contributed by atoms with Gasteiger partial charge in [0.05, 0.1) is 11.0 Å². The molecule has 2 heterocycles. The third kappa shape index (κ3) is 3.22. The summed E-state index contributed by atoms with van der Waals surface area (Å²) in [5, 5.41) is 12.3. The SMILES string of the molecule is CC(=O)Oc1ccc2c3c1O[C@H]1[C@H](OS(=O)(=O)C(F)(F)F)CCC4(O)C(C2)N(CC2CC2)CCC314. The summed E-state index contributed by atoms with van der Waals surface area (Å²) in [7, 11) is -5.89. The highest BCUT2D eigenvalue weighted by atomic mass is 32.2. The van der Waals surface area contributed by atoms with E-state index in [4.69, 9.17) is 13.7 Å². The normalized spacial score (nSPS) is 35.9. The smallest absolute Gasteiger partial charge is 0.482 e. The number of piperidine rings is 1. The number of hydrogen-bond donors (Lipinski definition) is 1. The van der Waals surface area contributed by atoms with Gasteiger partial charge in [0.2, 0.25) is 0 Å². The second-order valence-electron chi connectivity index (χ2n) is 10.4. The van der Waals surface area contributed by atoms with Crippen LogP contribution in [0.15, 0.2) is 12.1 Å². The van der Waals surface area contributed by atoms with Gasteiger partial charge in [-0.1, -0.05) is 6.07 Å². The van der Waals surface area contributed by atoms with Crippen molar-refractivity contribution in [2.75, 3.05) is 13.1 Å². The molecule has 2 aliphatic heterocycles. The van der Waals surface area contributed by atoms with Crippen LogP contribution in [0.25, 0.3) is 0 Å². The highest BCUT2D eigenvalue weighted by Crippen LogP contribution is 2.66. The lowest BCUT2D eigenvalue weighted by atomic mass is 9.48. The van der Waals surface area contributed by atoms with Gasteiger partial charge in [-0.2, -0.15) is 21.6 Å². The van der Waals surface area contributed by atoms with Gasteiger partial charge in [-0.15, -0.1) is 0 Å². The zero-order valence-electron chi connectivity index (χ0n) is 19.0. The summed E-state index contributed by atoms with van der Waals surface area (Å²) in [4.78, 5) is 14.0. The molecule has 3 fully saturated rings. The Kier molecular flexibility index (Phi) is 4.92. The van der Waals surface area contributed by atoms with Crippen LogP contribution >= 0.6 is 0 Å². The van der Waals surface area contributed by atoms with Crippen LogP contribution in [0.4, 0.5) is 13.2 Å². The fourth-order valence-corrected chi connectivity index (χ4v) is 7.61. The molecule has 35 heavy (non-hydrogen) atoms. The van der Waals surface area contributed by atoms with Gasteiger partial charge in [-0.05, 0) is 62.6 Å². The van der Waals surface area contributed by atoms with E-state index in [2.05, 4.69) is 4.90 Å². The lowest BCUT2D eigenvalue weighted by molar-refractivity contribution is -0.205. The maximum absolute atomic E-state index is 13.2. The number of hydrogen-bond acceptors (Lipinski definition) is 8. The highest BCUT2D eigenvalue weighted by Gasteiger charge is 2.74. The number of carbonyl (C=O) groups is 1. The summed E-state index contributed by atoms with van der Waals surface area (Å²) < 4.78 is 79.7. The maximum Gasteiger partial charge on any atom is 0.523 e. The third-order valence-electron chi connectivity index (χ3n) is 8.48. The summed E-state index contributed by atoms with van der Waals surface area (Å²) in [5.74, 6) is 0.241. The average molecular weight is 518 g/mol. The Morgan fingerprint density at radius 3 is 2.66 bits per heavy atom. The van der Waals surface area contributed by atoms with Gasteiger partial charge < -0.3 is 14.6 Å². The van der Waals surface area contributed by atoms with Crippen LogP contribution in [0, 0.1) is 5.92 Å². The van der Waals surface area contributed by atoms with Gasteiger partial charge in [0.25, 0.3) is 0 Å². The molecule has 1 spiro atoms. The van der Waals surface area contributed by atoms with Gasteiger partial charge >= 0.3 is 21.6 Å². The zero-order valence-corrected chi connectivity index (χ0v) is 19.8. The van der Waals surface area contributed by atoms with Crippen LogP contribution in [-0.2, 0) is 30.9 Å². The molecule has 1 aromatic carbocycles. The Hall–Kier alpha value is -1.89. The van der Waals surface area contributed by atoms with E-state index >= 15 is 0 Å². The average Bonchev–Trinajstić information content (AvgIpc) is 3.49. The molecule has 1 aromatic rings. The molecular weight excluding hydrogens is 491 g/mol. The van der Waals surface area contributed by atoms with Crippen molar-refractivity contribution in [3.8, 4) is 11.5 Å². The molecule has 0 aromatic heterocycles. The van der Waals surface area contributed by atoms with Crippen LogP contribution < -0.4 is 9.47 Å². The topological polar surface area (TPSA) is 102 Å². The summed E-state index contributed by atoms with van der Waals surface area (Å²) in [6.07, 6.45) is 0.428. The molecule has 5 atom stereocenters. The standard InChI is InChI=1S/C23H26F3NO7S/c1-12(28)32-15-5-4-14-10-17-22(29)7-6-16(34-35(30,31)23(24,25)26)20-21(22,18(14)19(15)33-20)8-9-27(17)11-13-2-3-13/h4-5,13,16-17,20,29H,2-3,6-11H2,1H3/t16-,17?,20+,21?,22?/m1/s1. The van der Waals surface area contributed by atoms with Gasteiger partial charge in [0.15, 0.2) is 11.5 Å². The fraction of sp³-hybridized carbons (Fsp3) is 0.696. The van der Waals surface area contributed by atoms with Crippen LogP contribution in [0.5, 0.6) is 11.5 Å². The van der Waals surface area contributed by atoms with E-state index in [1.54, 1.807) is 12.1 Å². The Labute approximate surface area is 200 Å². The summed E-state index contributed by atoms with van der Waals surface area (Å²) in [5.41, 5.74) is -6.67. The number of rotatable bonds is 5. The van der Waals surface area contributed by atoms with E-state index in [-0.39, 0.29) is 30.4 Å².